The molecule has 0 amide bonds. The minimum Gasteiger partial charge on any atom is -0.485 e. The highest BCUT2D eigenvalue weighted by Crippen LogP contribution is 2.28. The number of methoxy groups -OCH3 is 1. The molecule has 2 heterocycles. The monoisotopic (exact) mass is 397 g/mol. The fourth-order valence-corrected chi connectivity index (χ4v) is 3.67. The Morgan fingerprint density at radius 2 is 1.90 bits per heavy atom. The summed E-state index contributed by atoms with van der Waals surface area (Å²) in [6, 6.07) is 7.03. The molecule has 154 valence electrons. The molecule has 0 saturated carbocycles. The Balaban J connectivity index is 1.78. The van der Waals surface area contributed by atoms with Crippen LogP contribution < -0.4 is 10.4 Å². The molecule has 6 nitrogen and oxygen atoms in total. The number of benzene rings is 1. The van der Waals surface area contributed by atoms with E-state index in [0.29, 0.717) is 29.1 Å². The zero-order valence-electron chi connectivity index (χ0n) is 17.6. The van der Waals surface area contributed by atoms with E-state index in [0.717, 1.165) is 35.3 Å². The Morgan fingerprint density at radius 3 is 2.62 bits per heavy atom. The van der Waals surface area contributed by atoms with Gasteiger partial charge in [0.15, 0.2) is 6.61 Å². The van der Waals surface area contributed by atoms with Crippen LogP contribution in [0.2, 0.25) is 0 Å². The van der Waals surface area contributed by atoms with Crippen LogP contribution >= 0.6 is 0 Å². The first-order chi connectivity index (χ1) is 13.8. The molecule has 0 spiro atoms. The van der Waals surface area contributed by atoms with Crippen LogP contribution in [0.15, 0.2) is 33.5 Å². The van der Waals surface area contributed by atoms with Crippen molar-refractivity contribution in [2.24, 2.45) is 0 Å². The van der Waals surface area contributed by atoms with Gasteiger partial charge in [-0.25, -0.2) is 4.79 Å². The third-order valence-corrected chi connectivity index (χ3v) is 5.28. The fraction of sp³-hybridized carbons (Fsp3) is 0.391. The van der Waals surface area contributed by atoms with Crippen molar-refractivity contribution < 1.29 is 18.7 Å². The van der Waals surface area contributed by atoms with Crippen molar-refractivity contribution in [1.82, 2.24) is 4.57 Å². The molecule has 0 saturated heterocycles. The van der Waals surface area contributed by atoms with Crippen LogP contribution in [0.4, 0.5) is 0 Å². The van der Waals surface area contributed by atoms with Gasteiger partial charge in [0, 0.05) is 54.2 Å². The van der Waals surface area contributed by atoms with Crippen molar-refractivity contribution in [2.75, 3.05) is 20.3 Å². The molecule has 0 atom stereocenters. The normalized spacial score (nSPS) is 11.2. The van der Waals surface area contributed by atoms with E-state index < -0.39 is 5.63 Å². The Morgan fingerprint density at radius 1 is 1.14 bits per heavy atom. The van der Waals surface area contributed by atoms with Crippen LogP contribution in [0.25, 0.3) is 11.0 Å². The van der Waals surface area contributed by atoms with Crippen LogP contribution in [0, 0.1) is 27.7 Å². The third-order valence-electron chi connectivity index (χ3n) is 5.28. The van der Waals surface area contributed by atoms with Crippen LogP contribution in [0.5, 0.6) is 5.75 Å². The predicted octanol–water partition coefficient (Wildman–Crippen LogP) is 4.13. The van der Waals surface area contributed by atoms with Gasteiger partial charge >= 0.3 is 5.63 Å². The second kappa shape index (κ2) is 8.66. The number of ketones is 1. The van der Waals surface area contributed by atoms with Crippen molar-refractivity contribution in [3.8, 4) is 5.75 Å². The minimum absolute atomic E-state index is 0.0786. The molecule has 1 aromatic carbocycles. The average molecular weight is 397 g/mol. The summed E-state index contributed by atoms with van der Waals surface area (Å²) in [6.45, 7) is 9.05. The molecule has 3 aromatic rings. The van der Waals surface area contributed by atoms with Gasteiger partial charge in [-0.15, -0.1) is 0 Å². The lowest BCUT2D eigenvalue weighted by atomic mass is 10.1. The number of Topliss-reactive ketones (excluding diaryl/α,β-unsaturated/α-hetero) is 1. The highest BCUT2D eigenvalue weighted by Gasteiger charge is 2.17. The first-order valence-corrected chi connectivity index (χ1v) is 9.69. The van der Waals surface area contributed by atoms with Gasteiger partial charge in [-0.3, -0.25) is 4.79 Å². The van der Waals surface area contributed by atoms with Crippen molar-refractivity contribution in [3.05, 3.63) is 62.8 Å². The number of aryl methyl sites for hydroxylation is 3. The van der Waals surface area contributed by atoms with Crippen LogP contribution in [-0.4, -0.2) is 30.7 Å². The highest BCUT2D eigenvalue weighted by molar-refractivity contribution is 5.98. The van der Waals surface area contributed by atoms with Gasteiger partial charge in [-0.05, 0) is 57.9 Å². The minimum atomic E-state index is -0.396. The van der Waals surface area contributed by atoms with E-state index in [1.165, 1.54) is 6.07 Å². The standard InChI is InChI=1S/C23H27NO5/c1-14-11-22(26)29-23-16(3)21(8-7-18(14)23)28-13-20(25)19-12-15(2)24(17(19)4)9-6-10-27-5/h7-8,11-12H,6,9-10,13H2,1-5H3. The molecule has 0 fully saturated rings. The number of fused-ring (bicyclic) bond motifs is 1. The molecule has 0 N–H and O–H groups in total. The quantitative estimate of drug-likeness (QED) is 0.325. The van der Waals surface area contributed by atoms with E-state index in [1.807, 2.05) is 45.9 Å². The molecule has 0 aliphatic heterocycles. The molecule has 3 rings (SSSR count). The van der Waals surface area contributed by atoms with Gasteiger partial charge in [0.2, 0.25) is 5.78 Å². The summed E-state index contributed by atoms with van der Waals surface area (Å²) in [5.41, 5.74) is 4.30. The highest BCUT2D eigenvalue weighted by atomic mass is 16.5. The van der Waals surface area contributed by atoms with E-state index in [2.05, 4.69) is 4.57 Å². The van der Waals surface area contributed by atoms with Crippen molar-refractivity contribution in [3.63, 3.8) is 0 Å². The maximum atomic E-state index is 12.8. The number of ether oxygens (including phenoxy) is 2. The van der Waals surface area contributed by atoms with Crippen molar-refractivity contribution in [1.29, 1.82) is 0 Å². The number of hydrogen-bond donors (Lipinski definition) is 0. The first-order valence-electron chi connectivity index (χ1n) is 9.69. The number of rotatable bonds is 8. The molecule has 0 aliphatic rings. The number of carbonyl (C=O) groups is 1. The second-order valence-corrected chi connectivity index (χ2v) is 7.31. The fourth-order valence-electron chi connectivity index (χ4n) is 3.67. The summed E-state index contributed by atoms with van der Waals surface area (Å²) in [5, 5.41) is 0.861. The molecule has 0 radical (unpaired) electrons. The Hall–Kier alpha value is -2.86. The smallest absolute Gasteiger partial charge is 0.336 e. The van der Waals surface area contributed by atoms with Gasteiger partial charge in [0.05, 0.1) is 0 Å². The number of hydrogen-bond acceptors (Lipinski definition) is 5. The van der Waals surface area contributed by atoms with E-state index in [4.69, 9.17) is 13.9 Å². The van der Waals surface area contributed by atoms with Crippen molar-refractivity contribution in [2.45, 2.75) is 40.7 Å². The molecular formula is C23H27NO5. The number of nitrogens with zero attached hydrogens (tertiary/aromatic N) is 1. The average Bonchev–Trinajstić information content (AvgIpc) is 2.96. The largest absolute Gasteiger partial charge is 0.485 e. The lowest BCUT2D eigenvalue weighted by Crippen LogP contribution is -2.14. The van der Waals surface area contributed by atoms with Gasteiger partial charge in [-0.2, -0.15) is 0 Å². The molecule has 0 aliphatic carbocycles. The summed E-state index contributed by atoms with van der Waals surface area (Å²) in [6.07, 6.45) is 0.887. The van der Waals surface area contributed by atoms with Crippen LogP contribution in [0.3, 0.4) is 0 Å². The van der Waals surface area contributed by atoms with E-state index in [1.54, 1.807) is 7.11 Å². The zero-order chi connectivity index (χ0) is 21.1. The number of aromatic nitrogens is 1. The van der Waals surface area contributed by atoms with Gasteiger partial charge in [0.25, 0.3) is 0 Å². The maximum absolute atomic E-state index is 12.8. The lowest BCUT2D eigenvalue weighted by Gasteiger charge is -2.11. The second-order valence-electron chi connectivity index (χ2n) is 7.31. The third kappa shape index (κ3) is 4.27. The molecule has 6 heteroatoms. The van der Waals surface area contributed by atoms with Gasteiger partial charge < -0.3 is 18.5 Å². The van der Waals surface area contributed by atoms with Gasteiger partial charge in [0.1, 0.15) is 11.3 Å². The molecule has 29 heavy (non-hydrogen) atoms. The van der Waals surface area contributed by atoms with E-state index in [-0.39, 0.29) is 12.4 Å². The Labute approximate surface area is 170 Å². The topological polar surface area (TPSA) is 70.7 Å². The molecular weight excluding hydrogens is 370 g/mol. The summed E-state index contributed by atoms with van der Waals surface area (Å²) in [5.74, 6) is 0.454. The van der Waals surface area contributed by atoms with Gasteiger partial charge in [-0.1, -0.05) is 0 Å². The lowest BCUT2D eigenvalue weighted by molar-refractivity contribution is 0.0920. The van der Waals surface area contributed by atoms with E-state index >= 15 is 0 Å². The molecule has 0 bridgehead atoms. The van der Waals surface area contributed by atoms with Crippen molar-refractivity contribution >= 4 is 16.8 Å². The SMILES string of the molecule is COCCCn1c(C)cc(C(=O)COc2ccc3c(C)cc(=O)oc3c2C)c1C. The number of carbonyl (C=O) groups excluding carboxylic acids is 1. The zero-order valence-corrected chi connectivity index (χ0v) is 17.6. The summed E-state index contributed by atoms with van der Waals surface area (Å²) >= 11 is 0. The first kappa shape index (κ1) is 20.9. The van der Waals surface area contributed by atoms with Crippen LogP contribution in [-0.2, 0) is 11.3 Å². The maximum Gasteiger partial charge on any atom is 0.336 e. The summed E-state index contributed by atoms with van der Waals surface area (Å²) in [4.78, 5) is 24.5. The van der Waals surface area contributed by atoms with Crippen LogP contribution in [0.1, 0.15) is 39.3 Å². The predicted molar refractivity (Wildman–Crippen MR) is 112 cm³/mol. The molecule has 0 unspecified atom stereocenters. The summed E-state index contributed by atoms with van der Waals surface area (Å²) in [7, 11) is 1.68. The molecule has 2 aromatic heterocycles. The Kier molecular flexibility index (Phi) is 6.23. The van der Waals surface area contributed by atoms with E-state index in [9.17, 15) is 9.59 Å². The Bertz CT molecular complexity index is 1110. The summed E-state index contributed by atoms with van der Waals surface area (Å²) < 4.78 is 18.4.